The summed E-state index contributed by atoms with van der Waals surface area (Å²) in [5.41, 5.74) is 10.0. The molecule has 0 aliphatic heterocycles. The monoisotopic (exact) mass is 316 g/mol. The number of rotatable bonds is 2. The zero-order valence-corrected chi connectivity index (χ0v) is 12.1. The third kappa shape index (κ3) is 2.33. The van der Waals surface area contributed by atoms with E-state index in [1.165, 1.54) is 11.1 Å². The average molecular weight is 317 g/mol. The van der Waals surface area contributed by atoms with Gasteiger partial charge in [0.1, 0.15) is 5.52 Å². The van der Waals surface area contributed by atoms with E-state index in [-0.39, 0.29) is 0 Å². The summed E-state index contributed by atoms with van der Waals surface area (Å²) in [6.07, 6.45) is 1.76. The molecule has 4 nitrogen and oxygen atoms in total. The number of imidazole rings is 1. The highest BCUT2D eigenvalue weighted by atomic mass is 79.9. The molecular weight excluding hydrogens is 304 g/mol. The number of fused-ring (bicyclic) bond motifs is 1. The SMILES string of the molecule is Cc1cccc(Cn2c(N)nc3cc(Br)cnc32)c1. The van der Waals surface area contributed by atoms with Gasteiger partial charge >= 0.3 is 0 Å². The Labute approximate surface area is 119 Å². The maximum atomic E-state index is 5.99. The maximum absolute atomic E-state index is 5.99. The van der Waals surface area contributed by atoms with E-state index >= 15 is 0 Å². The van der Waals surface area contributed by atoms with Gasteiger partial charge in [-0.1, -0.05) is 29.8 Å². The average Bonchev–Trinajstić information content (AvgIpc) is 2.65. The first-order valence-corrected chi connectivity index (χ1v) is 6.75. The highest BCUT2D eigenvalue weighted by Gasteiger charge is 2.10. The molecule has 2 N–H and O–H groups in total. The Morgan fingerprint density at radius 1 is 1.32 bits per heavy atom. The first-order valence-electron chi connectivity index (χ1n) is 5.96. The normalized spacial score (nSPS) is 11.1. The molecule has 5 heteroatoms. The van der Waals surface area contributed by atoms with Crippen LogP contribution in [-0.4, -0.2) is 14.5 Å². The maximum Gasteiger partial charge on any atom is 0.202 e. The summed E-state index contributed by atoms with van der Waals surface area (Å²) in [5, 5.41) is 0. The zero-order valence-electron chi connectivity index (χ0n) is 10.5. The van der Waals surface area contributed by atoms with E-state index in [1.807, 2.05) is 16.7 Å². The quantitative estimate of drug-likeness (QED) is 0.790. The molecule has 0 radical (unpaired) electrons. The summed E-state index contributed by atoms with van der Waals surface area (Å²) in [6, 6.07) is 10.3. The van der Waals surface area contributed by atoms with Crippen molar-refractivity contribution in [1.82, 2.24) is 14.5 Å². The minimum Gasteiger partial charge on any atom is -0.369 e. The lowest BCUT2D eigenvalue weighted by atomic mass is 10.1. The Morgan fingerprint density at radius 2 is 2.16 bits per heavy atom. The lowest BCUT2D eigenvalue weighted by molar-refractivity contribution is 0.827. The topological polar surface area (TPSA) is 56.7 Å². The first kappa shape index (κ1) is 12.2. The van der Waals surface area contributed by atoms with Crippen LogP contribution in [-0.2, 0) is 6.54 Å². The minimum atomic E-state index is 0.488. The van der Waals surface area contributed by atoms with Gasteiger partial charge < -0.3 is 5.73 Å². The molecule has 2 aromatic heterocycles. The van der Waals surface area contributed by atoms with Crippen molar-refractivity contribution in [3.05, 3.63) is 52.1 Å². The van der Waals surface area contributed by atoms with E-state index in [4.69, 9.17) is 5.73 Å². The molecular formula is C14H13BrN4. The largest absolute Gasteiger partial charge is 0.369 e. The number of aryl methyl sites for hydroxylation is 1. The number of nitrogens with two attached hydrogens (primary N) is 1. The molecule has 0 bridgehead atoms. The highest BCUT2D eigenvalue weighted by Crippen LogP contribution is 2.20. The molecule has 0 amide bonds. The number of nitrogen functional groups attached to an aromatic ring is 1. The molecule has 19 heavy (non-hydrogen) atoms. The van der Waals surface area contributed by atoms with Crippen molar-refractivity contribution in [3.63, 3.8) is 0 Å². The summed E-state index contributed by atoms with van der Waals surface area (Å²) in [5.74, 6) is 0.488. The van der Waals surface area contributed by atoms with E-state index in [1.54, 1.807) is 6.20 Å². The van der Waals surface area contributed by atoms with Gasteiger partial charge in [-0.05, 0) is 34.5 Å². The predicted octanol–water partition coefficient (Wildman–Crippen LogP) is 3.13. The summed E-state index contributed by atoms with van der Waals surface area (Å²) in [4.78, 5) is 8.73. The molecule has 0 aliphatic rings. The fourth-order valence-electron chi connectivity index (χ4n) is 2.15. The minimum absolute atomic E-state index is 0.488. The summed E-state index contributed by atoms with van der Waals surface area (Å²) >= 11 is 3.39. The van der Waals surface area contributed by atoms with Gasteiger partial charge in [-0.3, -0.25) is 4.57 Å². The van der Waals surface area contributed by atoms with Crippen LogP contribution < -0.4 is 5.73 Å². The van der Waals surface area contributed by atoms with Gasteiger partial charge in [-0.25, -0.2) is 9.97 Å². The number of nitrogens with zero attached hydrogens (tertiary/aromatic N) is 3. The first-order chi connectivity index (χ1) is 9.13. The standard InChI is InChI=1S/C14H13BrN4/c1-9-3-2-4-10(5-9)8-19-13-12(18-14(19)16)6-11(15)7-17-13/h2-7H,8H2,1H3,(H2,16,18). The number of hydrogen-bond acceptors (Lipinski definition) is 3. The predicted molar refractivity (Wildman–Crippen MR) is 79.9 cm³/mol. The molecule has 96 valence electrons. The Kier molecular flexibility index (Phi) is 2.98. The number of aromatic nitrogens is 3. The van der Waals surface area contributed by atoms with Crippen LogP contribution in [0.3, 0.4) is 0 Å². The number of anilines is 1. The Morgan fingerprint density at radius 3 is 2.95 bits per heavy atom. The van der Waals surface area contributed by atoms with Crippen molar-refractivity contribution < 1.29 is 0 Å². The van der Waals surface area contributed by atoms with E-state index in [9.17, 15) is 0 Å². The Hall–Kier alpha value is -1.88. The van der Waals surface area contributed by atoms with Gasteiger partial charge in [0.05, 0.1) is 6.54 Å². The van der Waals surface area contributed by atoms with Gasteiger partial charge in [0.15, 0.2) is 5.65 Å². The van der Waals surface area contributed by atoms with E-state index in [0.29, 0.717) is 12.5 Å². The van der Waals surface area contributed by atoms with Crippen molar-refractivity contribution in [2.45, 2.75) is 13.5 Å². The fourth-order valence-corrected chi connectivity index (χ4v) is 2.47. The van der Waals surface area contributed by atoms with E-state index in [2.05, 4.69) is 51.0 Å². The van der Waals surface area contributed by atoms with Crippen molar-refractivity contribution >= 4 is 33.0 Å². The van der Waals surface area contributed by atoms with Crippen molar-refractivity contribution in [2.75, 3.05) is 5.73 Å². The second-order valence-corrected chi connectivity index (χ2v) is 5.46. The molecule has 0 atom stereocenters. The zero-order chi connectivity index (χ0) is 13.4. The van der Waals surface area contributed by atoms with Gasteiger partial charge in [-0.2, -0.15) is 0 Å². The van der Waals surface area contributed by atoms with Crippen LogP contribution in [0.2, 0.25) is 0 Å². The second kappa shape index (κ2) is 4.66. The molecule has 0 fully saturated rings. The molecule has 0 saturated heterocycles. The molecule has 0 saturated carbocycles. The van der Waals surface area contributed by atoms with Crippen LogP contribution in [0.4, 0.5) is 5.95 Å². The highest BCUT2D eigenvalue weighted by molar-refractivity contribution is 9.10. The summed E-state index contributed by atoms with van der Waals surface area (Å²) in [6.45, 7) is 2.76. The van der Waals surface area contributed by atoms with Gasteiger partial charge in [-0.15, -0.1) is 0 Å². The van der Waals surface area contributed by atoms with Crippen molar-refractivity contribution in [1.29, 1.82) is 0 Å². The number of benzene rings is 1. The third-order valence-corrected chi connectivity index (χ3v) is 3.44. The van der Waals surface area contributed by atoms with Crippen molar-refractivity contribution in [3.8, 4) is 0 Å². The molecule has 0 spiro atoms. The molecule has 0 unspecified atom stereocenters. The number of halogens is 1. The Balaban J connectivity index is 2.07. The van der Waals surface area contributed by atoms with Gasteiger partial charge in [0.25, 0.3) is 0 Å². The van der Waals surface area contributed by atoms with Crippen LogP contribution in [0, 0.1) is 6.92 Å². The van der Waals surface area contributed by atoms with Crippen LogP contribution in [0.1, 0.15) is 11.1 Å². The molecule has 1 aromatic carbocycles. The lowest BCUT2D eigenvalue weighted by Crippen LogP contribution is -2.05. The van der Waals surface area contributed by atoms with E-state index in [0.717, 1.165) is 15.6 Å². The van der Waals surface area contributed by atoms with Crippen molar-refractivity contribution in [2.24, 2.45) is 0 Å². The third-order valence-electron chi connectivity index (χ3n) is 3.00. The smallest absolute Gasteiger partial charge is 0.202 e. The molecule has 3 aromatic rings. The number of hydrogen-bond donors (Lipinski definition) is 1. The van der Waals surface area contributed by atoms with Gasteiger partial charge in [0, 0.05) is 10.7 Å². The summed E-state index contributed by atoms with van der Waals surface area (Å²) in [7, 11) is 0. The van der Waals surface area contributed by atoms with Gasteiger partial charge in [0.2, 0.25) is 5.95 Å². The van der Waals surface area contributed by atoms with E-state index < -0.39 is 0 Å². The number of pyridine rings is 1. The lowest BCUT2D eigenvalue weighted by Gasteiger charge is -2.06. The van der Waals surface area contributed by atoms with Crippen LogP contribution >= 0.6 is 15.9 Å². The molecule has 3 rings (SSSR count). The van der Waals surface area contributed by atoms with Crippen LogP contribution in [0.25, 0.3) is 11.2 Å². The van der Waals surface area contributed by atoms with Crippen LogP contribution in [0.5, 0.6) is 0 Å². The molecule has 0 aliphatic carbocycles. The molecule has 2 heterocycles. The van der Waals surface area contributed by atoms with Crippen LogP contribution in [0.15, 0.2) is 41.0 Å². The Bertz CT molecular complexity index is 748. The summed E-state index contributed by atoms with van der Waals surface area (Å²) < 4.78 is 2.83. The fraction of sp³-hybridized carbons (Fsp3) is 0.143. The second-order valence-electron chi connectivity index (χ2n) is 4.54.